The number of hydrogen-bond donors (Lipinski definition) is 1. The first kappa shape index (κ1) is 20.1. The van der Waals surface area contributed by atoms with Crippen LogP contribution in [-0.2, 0) is 6.54 Å². The summed E-state index contributed by atoms with van der Waals surface area (Å²) in [6.45, 7) is 5.98. The Balaban J connectivity index is 1.35. The standard InChI is InChI=1S/C24H24N4OS/c1-18-16-27(17-20-5-2-4-19(14-20)15-25)11-12-28(18)22-9-7-21(8-10-22)26-24(29)23-6-3-13-30-23/h2-10,13-14,18H,11-12,16-17H2,1H3,(H,26,29). The quantitative estimate of drug-likeness (QED) is 0.661. The Kier molecular flexibility index (Phi) is 6.12. The summed E-state index contributed by atoms with van der Waals surface area (Å²) in [5, 5.41) is 13.9. The number of hydrogen-bond acceptors (Lipinski definition) is 5. The van der Waals surface area contributed by atoms with Gasteiger partial charge in [0, 0.05) is 43.6 Å². The van der Waals surface area contributed by atoms with Crippen molar-refractivity contribution in [2.45, 2.75) is 19.5 Å². The van der Waals surface area contributed by atoms with E-state index in [1.165, 1.54) is 22.6 Å². The molecule has 1 unspecified atom stereocenters. The number of anilines is 2. The predicted octanol–water partition coefficient (Wildman–Crippen LogP) is 4.58. The molecule has 6 heteroatoms. The molecule has 152 valence electrons. The molecule has 1 aliphatic rings. The van der Waals surface area contributed by atoms with Gasteiger partial charge in [0.2, 0.25) is 0 Å². The first-order valence-corrected chi connectivity index (χ1v) is 10.9. The molecule has 1 aromatic heterocycles. The lowest BCUT2D eigenvalue weighted by atomic mass is 10.1. The summed E-state index contributed by atoms with van der Waals surface area (Å²) in [5.74, 6) is -0.0693. The minimum Gasteiger partial charge on any atom is -0.366 e. The van der Waals surface area contributed by atoms with Gasteiger partial charge in [0.15, 0.2) is 0 Å². The van der Waals surface area contributed by atoms with Crippen LogP contribution in [0.2, 0.25) is 0 Å². The molecule has 30 heavy (non-hydrogen) atoms. The van der Waals surface area contributed by atoms with E-state index < -0.39 is 0 Å². The molecule has 0 aliphatic carbocycles. The smallest absolute Gasteiger partial charge is 0.265 e. The van der Waals surface area contributed by atoms with Crippen LogP contribution in [0.5, 0.6) is 0 Å². The van der Waals surface area contributed by atoms with Crippen LogP contribution in [0, 0.1) is 11.3 Å². The molecule has 2 heterocycles. The van der Waals surface area contributed by atoms with Crippen molar-refractivity contribution in [2.75, 3.05) is 29.9 Å². The van der Waals surface area contributed by atoms with Crippen LogP contribution < -0.4 is 10.2 Å². The van der Waals surface area contributed by atoms with E-state index in [0.29, 0.717) is 16.5 Å². The summed E-state index contributed by atoms with van der Waals surface area (Å²) in [6.07, 6.45) is 0. The van der Waals surface area contributed by atoms with E-state index in [1.54, 1.807) is 0 Å². The average Bonchev–Trinajstić information content (AvgIpc) is 3.30. The number of rotatable bonds is 5. The third-order valence-corrected chi connectivity index (χ3v) is 6.24. The van der Waals surface area contributed by atoms with Crippen molar-refractivity contribution in [3.8, 4) is 6.07 Å². The molecule has 5 nitrogen and oxygen atoms in total. The second kappa shape index (κ2) is 9.12. The normalized spacial score (nSPS) is 16.8. The molecule has 0 radical (unpaired) electrons. The van der Waals surface area contributed by atoms with Crippen LogP contribution in [0.4, 0.5) is 11.4 Å². The number of nitrogens with one attached hydrogen (secondary N) is 1. The third-order valence-electron chi connectivity index (χ3n) is 5.38. The first-order chi connectivity index (χ1) is 14.6. The van der Waals surface area contributed by atoms with E-state index in [9.17, 15) is 4.79 Å². The van der Waals surface area contributed by atoms with Gasteiger partial charge in [-0.1, -0.05) is 18.2 Å². The van der Waals surface area contributed by atoms with Crippen molar-refractivity contribution in [3.05, 3.63) is 82.0 Å². The maximum Gasteiger partial charge on any atom is 0.265 e. The largest absolute Gasteiger partial charge is 0.366 e. The molecular formula is C24H24N4OS. The Labute approximate surface area is 181 Å². The average molecular weight is 417 g/mol. The van der Waals surface area contributed by atoms with Gasteiger partial charge in [-0.15, -0.1) is 11.3 Å². The molecule has 1 N–H and O–H groups in total. The van der Waals surface area contributed by atoms with Crippen LogP contribution in [0.3, 0.4) is 0 Å². The van der Waals surface area contributed by atoms with E-state index in [1.807, 2.05) is 47.8 Å². The second-order valence-electron chi connectivity index (χ2n) is 7.57. The zero-order valence-corrected chi connectivity index (χ0v) is 17.7. The van der Waals surface area contributed by atoms with Gasteiger partial charge in [-0.3, -0.25) is 9.69 Å². The van der Waals surface area contributed by atoms with E-state index in [-0.39, 0.29) is 5.91 Å². The Morgan fingerprint density at radius 3 is 2.70 bits per heavy atom. The fourth-order valence-electron chi connectivity index (χ4n) is 3.89. The van der Waals surface area contributed by atoms with Crippen molar-refractivity contribution in [1.29, 1.82) is 5.26 Å². The molecule has 1 amide bonds. The van der Waals surface area contributed by atoms with E-state index in [2.05, 4.69) is 46.3 Å². The van der Waals surface area contributed by atoms with Gasteiger partial charge >= 0.3 is 0 Å². The van der Waals surface area contributed by atoms with Crippen molar-refractivity contribution in [1.82, 2.24) is 4.90 Å². The van der Waals surface area contributed by atoms with Crippen molar-refractivity contribution >= 4 is 28.6 Å². The molecular weight excluding hydrogens is 392 g/mol. The summed E-state index contributed by atoms with van der Waals surface area (Å²) < 4.78 is 0. The van der Waals surface area contributed by atoms with E-state index >= 15 is 0 Å². The molecule has 0 saturated carbocycles. The predicted molar refractivity (Wildman–Crippen MR) is 122 cm³/mol. The molecule has 0 bridgehead atoms. The zero-order valence-electron chi connectivity index (χ0n) is 16.9. The topological polar surface area (TPSA) is 59.4 Å². The lowest BCUT2D eigenvalue weighted by molar-refractivity contribution is 0.103. The highest BCUT2D eigenvalue weighted by molar-refractivity contribution is 7.12. The van der Waals surface area contributed by atoms with E-state index in [4.69, 9.17) is 5.26 Å². The molecule has 2 aromatic carbocycles. The molecule has 1 fully saturated rings. The summed E-state index contributed by atoms with van der Waals surface area (Å²) in [5.41, 5.74) is 3.87. The molecule has 3 aromatic rings. The summed E-state index contributed by atoms with van der Waals surface area (Å²) in [7, 11) is 0. The maximum atomic E-state index is 12.2. The number of carbonyl (C=O) groups is 1. The highest BCUT2D eigenvalue weighted by Gasteiger charge is 2.24. The monoisotopic (exact) mass is 416 g/mol. The highest BCUT2D eigenvalue weighted by Crippen LogP contribution is 2.24. The first-order valence-electron chi connectivity index (χ1n) is 10.1. The number of thiophene rings is 1. The van der Waals surface area contributed by atoms with Crippen molar-refractivity contribution < 1.29 is 4.79 Å². The van der Waals surface area contributed by atoms with Crippen LogP contribution >= 0.6 is 11.3 Å². The Morgan fingerprint density at radius 1 is 1.17 bits per heavy atom. The number of carbonyl (C=O) groups excluding carboxylic acids is 1. The Hall–Kier alpha value is -3.14. The van der Waals surface area contributed by atoms with Crippen molar-refractivity contribution in [3.63, 3.8) is 0 Å². The molecule has 4 rings (SSSR count). The minimum atomic E-state index is -0.0693. The van der Waals surface area contributed by atoms with Gasteiger partial charge in [0.05, 0.1) is 16.5 Å². The third kappa shape index (κ3) is 4.70. The summed E-state index contributed by atoms with van der Waals surface area (Å²) in [6, 6.07) is 22.2. The molecule has 1 aliphatic heterocycles. The lowest BCUT2D eigenvalue weighted by Crippen LogP contribution is -2.51. The number of nitriles is 1. The van der Waals surface area contributed by atoms with Gasteiger partial charge in [-0.25, -0.2) is 0 Å². The number of benzene rings is 2. The van der Waals surface area contributed by atoms with Gasteiger partial charge < -0.3 is 10.2 Å². The van der Waals surface area contributed by atoms with Gasteiger partial charge in [-0.2, -0.15) is 5.26 Å². The SMILES string of the molecule is CC1CN(Cc2cccc(C#N)c2)CCN1c1ccc(NC(=O)c2cccs2)cc1. The lowest BCUT2D eigenvalue weighted by Gasteiger charge is -2.41. The van der Waals surface area contributed by atoms with Gasteiger partial charge in [-0.05, 0) is 60.3 Å². The van der Waals surface area contributed by atoms with Crippen LogP contribution in [-0.4, -0.2) is 36.5 Å². The van der Waals surface area contributed by atoms with Crippen LogP contribution in [0.15, 0.2) is 66.0 Å². The van der Waals surface area contributed by atoms with Crippen molar-refractivity contribution in [2.24, 2.45) is 0 Å². The fraction of sp³-hybridized carbons (Fsp3) is 0.250. The van der Waals surface area contributed by atoms with Gasteiger partial charge in [0.1, 0.15) is 0 Å². The van der Waals surface area contributed by atoms with Gasteiger partial charge in [0.25, 0.3) is 5.91 Å². The fourth-order valence-corrected chi connectivity index (χ4v) is 4.51. The number of nitrogens with zero attached hydrogens (tertiary/aromatic N) is 3. The van der Waals surface area contributed by atoms with Crippen LogP contribution in [0.25, 0.3) is 0 Å². The number of piperazine rings is 1. The Bertz CT molecular complexity index is 1040. The van der Waals surface area contributed by atoms with E-state index in [0.717, 1.165) is 31.9 Å². The summed E-state index contributed by atoms with van der Waals surface area (Å²) in [4.78, 5) is 17.8. The molecule has 1 saturated heterocycles. The Morgan fingerprint density at radius 2 is 2.00 bits per heavy atom. The number of amides is 1. The highest BCUT2D eigenvalue weighted by atomic mass is 32.1. The second-order valence-corrected chi connectivity index (χ2v) is 8.52. The van der Waals surface area contributed by atoms with Crippen LogP contribution in [0.1, 0.15) is 27.7 Å². The maximum absolute atomic E-state index is 12.2. The minimum absolute atomic E-state index is 0.0693. The summed E-state index contributed by atoms with van der Waals surface area (Å²) >= 11 is 1.44. The molecule has 1 atom stereocenters. The zero-order chi connectivity index (χ0) is 20.9. The molecule has 0 spiro atoms.